The molecule has 2 aromatic heterocycles. The second-order valence-corrected chi connectivity index (χ2v) is 17.4. The van der Waals surface area contributed by atoms with Crippen LogP contribution in [0.2, 0.25) is 0 Å². The van der Waals surface area contributed by atoms with Gasteiger partial charge in [0, 0.05) is 18.8 Å². The van der Waals surface area contributed by atoms with E-state index in [4.69, 9.17) is 24.5 Å². The van der Waals surface area contributed by atoms with E-state index in [-0.39, 0.29) is 37.0 Å². The Hall–Kier alpha value is -4.88. The van der Waals surface area contributed by atoms with Gasteiger partial charge in [-0.3, -0.25) is 9.36 Å². The van der Waals surface area contributed by atoms with Crippen molar-refractivity contribution in [2.75, 3.05) is 44.8 Å². The molecule has 14 heteroatoms. The number of imidazole rings is 1. The molecule has 0 radical (unpaired) electrons. The topological polar surface area (TPSA) is 153 Å². The minimum atomic E-state index is -3.50. The average Bonchev–Trinajstić information content (AvgIpc) is 3.66. The van der Waals surface area contributed by atoms with Gasteiger partial charge < -0.3 is 29.0 Å². The Morgan fingerprint density at radius 3 is 2.19 bits per heavy atom. The fraction of sp³-hybridized carbons (Fsp3) is 0.302. The van der Waals surface area contributed by atoms with Crippen LogP contribution in [-0.4, -0.2) is 63.7 Å². The van der Waals surface area contributed by atoms with Crippen molar-refractivity contribution in [1.82, 2.24) is 24.6 Å². The van der Waals surface area contributed by atoms with Crippen LogP contribution in [0.4, 0.5) is 5.82 Å². The minimum absolute atomic E-state index is 0.0568. The highest BCUT2D eigenvalue weighted by Crippen LogP contribution is 2.44. The Balaban J connectivity index is 1.11. The lowest BCUT2D eigenvalue weighted by atomic mass is 9.79. The fourth-order valence-electron chi connectivity index (χ4n) is 6.25. The standard InChI is InChI=1S/C43H49N6O6PS/c1-32-15-17-35(18-16-32)43(34-13-9-6-10-14-34,36-19-21-37(52-4)22-20-36)54-28-42(2,3)41(50)57-26-25-55-56(51,48-27-33-11-7-5-8-12-33)31-53-24-23-49-30-47-38-39(44)45-29-46-40(38)49/h5-22,29-30H,23-28,31H2,1-4H3,(H,48,51)(H2,44,45,46). The Kier molecular flexibility index (Phi) is 13.9. The maximum absolute atomic E-state index is 14.1. The highest BCUT2D eigenvalue weighted by Gasteiger charge is 2.41. The number of aromatic nitrogens is 4. The van der Waals surface area contributed by atoms with Crippen LogP contribution in [0.5, 0.6) is 5.75 Å². The molecule has 2 unspecified atom stereocenters. The highest BCUT2D eigenvalue weighted by atomic mass is 32.2. The molecule has 298 valence electrons. The summed E-state index contributed by atoms with van der Waals surface area (Å²) in [5.41, 5.74) is 9.95. The van der Waals surface area contributed by atoms with Gasteiger partial charge in [0.05, 0.1) is 38.7 Å². The smallest absolute Gasteiger partial charge is 0.295 e. The monoisotopic (exact) mass is 808 g/mol. The van der Waals surface area contributed by atoms with Crippen LogP contribution < -0.4 is 15.6 Å². The van der Waals surface area contributed by atoms with Gasteiger partial charge in [-0.25, -0.2) is 20.0 Å². The molecule has 0 aliphatic carbocycles. The third-order valence-corrected chi connectivity index (χ3v) is 12.4. The van der Waals surface area contributed by atoms with Gasteiger partial charge in [-0.1, -0.05) is 114 Å². The third-order valence-electron chi connectivity index (χ3n) is 9.49. The van der Waals surface area contributed by atoms with E-state index in [1.165, 1.54) is 6.33 Å². The first-order valence-corrected chi connectivity index (χ1v) is 21.4. The quantitative estimate of drug-likeness (QED) is 0.0437. The van der Waals surface area contributed by atoms with Crippen LogP contribution in [0.3, 0.4) is 0 Å². The number of nitrogens with zero attached hydrogens (tertiary/aromatic N) is 4. The maximum Gasteiger partial charge on any atom is 0.295 e. The van der Waals surface area contributed by atoms with Gasteiger partial charge in [-0.05, 0) is 55.2 Å². The van der Waals surface area contributed by atoms with E-state index in [2.05, 4.69) is 44.3 Å². The molecular formula is C43H49N6O6PS. The number of nitrogen functional groups attached to an aromatic ring is 1. The van der Waals surface area contributed by atoms with Gasteiger partial charge in [0.25, 0.3) is 7.52 Å². The first-order valence-electron chi connectivity index (χ1n) is 18.6. The van der Waals surface area contributed by atoms with Crippen molar-refractivity contribution in [3.05, 3.63) is 150 Å². The first-order chi connectivity index (χ1) is 27.5. The number of fused-ring (bicyclic) bond motifs is 1. The lowest BCUT2D eigenvalue weighted by Gasteiger charge is -2.38. The van der Waals surface area contributed by atoms with Crippen molar-refractivity contribution < 1.29 is 28.1 Å². The number of anilines is 1. The van der Waals surface area contributed by atoms with E-state index in [0.717, 1.165) is 45.3 Å². The molecule has 0 saturated heterocycles. The summed E-state index contributed by atoms with van der Waals surface area (Å²) in [6, 6.07) is 35.8. The van der Waals surface area contributed by atoms with Crippen molar-refractivity contribution in [3.8, 4) is 5.75 Å². The largest absolute Gasteiger partial charge is 0.497 e. The number of carbonyl (C=O) groups excluding carboxylic acids is 1. The summed E-state index contributed by atoms with van der Waals surface area (Å²) in [6.45, 7) is 6.93. The van der Waals surface area contributed by atoms with Gasteiger partial charge in [0.1, 0.15) is 29.5 Å². The number of carbonyl (C=O) groups is 1. The Bertz CT molecular complexity index is 2260. The van der Waals surface area contributed by atoms with Crippen LogP contribution in [0.15, 0.2) is 122 Å². The first kappa shape index (κ1) is 41.7. The Morgan fingerprint density at radius 1 is 0.860 bits per heavy atom. The molecule has 0 aliphatic heterocycles. The minimum Gasteiger partial charge on any atom is -0.497 e. The summed E-state index contributed by atoms with van der Waals surface area (Å²) in [5, 5.41) is 3.01. The van der Waals surface area contributed by atoms with Crippen molar-refractivity contribution in [1.29, 1.82) is 0 Å². The number of thioether (sulfide) groups is 1. The summed E-state index contributed by atoms with van der Waals surface area (Å²) in [4.78, 5) is 26.4. The zero-order valence-corrected chi connectivity index (χ0v) is 34.4. The molecule has 12 nitrogen and oxygen atoms in total. The SMILES string of the molecule is COc1ccc(C(OCC(C)(C)C(=O)SCCOP(=O)(COCCn2cnc3c(N)ncnc32)NCc2ccccc2)(c2ccccc2)c2ccc(C)cc2)cc1. The molecule has 6 rings (SSSR count). The van der Waals surface area contributed by atoms with E-state index < -0.39 is 18.5 Å². The van der Waals surface area contributed by atoms with Crippen molar-refractivity contribution >= 4 is 41.4 Å². The number of methoxy groups -OCH3 is 1. The number of nitrogens with two attached hydrogens (primary N) is 1. The molecule has 6 aromatic rings. The number of benzene rings is 4. The average molecular weight is 809 g/mol. The molecule has 0 aliphatic rings. The molecule has 2 atom stereocenters. The van der Waals surface area contributed by atoms with Crippen molar-refractivity contribution in [2.24, 2.45) is 5.41 Å². The maximum atomic E-state index is 14.1. The van der Waals surface area contributed by atoms with Crippen LogP contribution >= 0.6 is 19.3 Å². The highest BCUT2D eigenvalue weighted by molar-refractivity contribution is 8.13. The molecule has 57 heavy (non-hydrogen) atoms. The predicted octanol–water partition coefficient (Wildman–Crippen LogP) is 7.99. The van der Waals surface area contributed by atoms with Crippen LogP contribution in [0.25, 0.3) is 11.2 Å². The van der Waals surface area contributed by atoms with Gasteiger partial charge in [0.15, 0.2) is 16.6 Å². The lowest BCUT2D eigenvalue weighted by molar-refractivity contribution is -0.124. The second-order valence-electron chi connectivity index (χ2n) is 14.2. The molecule has 0 fully saturated rings. The number of hydrogen-bond donors (Lipinski definition) is 2. The Morgan fingerprint density at radius 2 is 1.51 bits per heavy atom. The molecule has 0 bridgehead atoms. The zero-order valence-electron chi connectivity index (χ0n) is 32.7. The fourth-order valence-corrected chi connectivity index (χ4v) is 8.61. The van der Waals surface area contributed by atoms with E-state index in [1.54, 1.807) is 18.0 Å². The normalized spacial score (nSPS) is 13.9. The summed E-state index contributed by atoms with van der Waals surface area (Å²) >= 11 is 1.13. The molecular weight excluding hydrogens is 760 g/mol. The summed E-state index contributed by atoms with van der Waals surface area (Å²) in [5.74, 6) is 1.31. The summed E-state index contributed by atoms with van der Waals surface area (Å²) < 4.78 is 40.3. The Labute approximate surface area is 338 Å². The van der Waals surface area contributed by atoms with Gasteiger partial charge in [-0.15, -0.1) is 0 Å². The van der Waals surface area contributed by atoms with Crippen molar-refractivity contribution in [3.63, 3.8) is 0 Å². The van der Waals surface area contributed by atoms with Gasteiger partial charge in [-0.2, -0.15) is 0 Å². The predicted molar refractivity (Wildman–Crippen MR) is 225 cm³/mol. The van der Waals surface area contributed by atoms with E-state index in [9.17, 15) is 9.36 Å². The van der Waals surface area contributed by atoms with E-state index in [1.807, 2.05) is 106 Å². The van der Waals surface area contributed by atoms with Crippen LogP contribution in [-0.2, 0) is 42.0 Å². The summed E-state index contributed by atoms with van der Waals surface area (Å²) in [6.07, 6.45) is 2.83. The number of hydrogen-bond acceptors (Lipinski definition) is 11. The zero-order chi connectivity index (χ0) is 40.3. The van der Waals surface area contributed by atoms with Crippen molar-refractivity contribution in [2.45, 2.75) is 39.5 Å². The lowest BCUT2D eigenvalue weighted by Crippen LogP contribution is -2.38. The molecule has 2 heterocycles. The second kappa shape index (κ2) is 19.0. The van der Waals surface area contributed by atoms with Crippen LogP contribution in [0.1, 0.15) is 41.7 Å². The summed E-state index contributed by atoms with van der Waals surface area (Å²) in [7, 11) is -1.86. The van der Waals surface area contributed by atoms with E-state index in [0.29, 0.717) is 30.1 Å². The molecule has 3 N–H and O–H groups in total. The van der Waals surface area contributed by atoms with Gasteiger partial charge in [0.2, 0.25) is 0 Å². The third kappa shape index (κ3) is 10.4. The molecule has 0 amide bonds. The van der Waals surface area contributed by atoms with E-state index >= 15 is 0 Å². The molecule has 0 spiro atoms. The number of nitrogens with one attached hydrogen (secondary N) is 1. The van der Waals surface area contributed by atoms with Gasteiger partial charge >= 0.3 is 0 Å². The number of rotatable bonds is 20. The molecule has 4 aromatic carbocycles. The van der Waals surface area contributed by atoms with Crippen LogP contribution in [0, 0.1) is 12.3 Å². The molecule has 0 saturated carbocycles. The number of ether oxygens (including phenoxy) is 3. The number of aryl methyl sites for hydroxylation is 1.